The van der Waals surface area contributed by atoms with Gasteiger partial charge in [0.25, 0.3) is 0 Å². The third-order valence-corrected chi connectivity index (χ3v) is 4.64. The van der Waals surface area contributed by atoms with Gasteiger partial charge in [-0.3, -0.25) is 0 Å². The van der Waals surface area contributed by atoms with E-state index >= 15 is 0 Å². The van der Waals surface area contributed by atoms with Crippen molar-refractivity contribution >= 4 is 11.4 Å². The molecule has 4 N–H and O–H groups in total. The van der Waals surface area contributed by atoms with Crippen LogP contribution in [0.2, 0.25) is 0 Å². The zero-order valence-corrected chi connectivity index (χ0v) is 15.4. The van der Waals surface area contributed by atoms with Crippen molar-refractivity contribution < 1.29 is 9.47 Å². The van der Waals surface area contributed by atoms with Gasteiger partial charge in [0.2, 0.25) is 0 Å². The summed E-state index contributed by atoms with van der Waals surface area (Å²) >= 11 is 0. The number of hydrogen-bond donors (Lipinski definition) is 2. The van der Waals surface area contributed by atoms with Gasteiger partial charge in [0.1, 0.15) is 17.3 Å². The van der Waals surface area contributed by atoms with Gasteiger partial charge in [-0.05, 0) is 48.1 Å². The van der Waals surface area contributed by atoms with Crippen molar-refractivity contribution in [2.45, 2.75) is 12.0 Å². The van der Waals surface area contributed by atoms with Crippen LogP contribution in [0.25, 0.3) is 0 Å². The molecule has 1 aliphatic rings. The molecule has 0 fully saturated rings. The van der Waals surface area contributed by atoms with Gasteiger partial charge >= 0.3 is 0 Å². The molecule has 0 heterocycles. The molecule has 0 aromatic heterocycles. The van der Waals surface area contributed by atoms with Crippen LogP contribution >= 0.6 is 0 Å². The molecule has 0 radical (unpaired) electrons. The maximum Gasteiger partial charge on any atom is 0.156 e. The summed E-state index contributed by atoms with van der Waals surface area (Å²) in [6.07, 6.45) is 6.63. The van der Waals surface area contributed by atoms with E-state index in [1.54, 1.807) is 6.07 Å². The second kappa shape index (κ2) is 7.53. The minimum Gasteiger partial charge on any atom is -0.478 e. The molecular formula is C24H22N2O2. The lowest BCUT2D eigenvalue weighted by Gasteiger charge is -2.33. The molecule has 3 aromatic rings. The average molecular weight is 370 g/mol. The van der Waals surface area contributed by atoms with Gasteiger partial charge in [-0.2, -0.15) is 0 Å². The molecule has 140 valence electrons. The van der Waals surface area contributed by atoms with Crippen LogP contribution in [-0.2, 0) is 5.60 Å². The van der Waals surface area contributed by atoms with Gasteiger partial charge in [0.15, 0.2) is 5.60 Å². The van der Waals surface area contributed by atoms with Gasteiger partial charge in [-0.1, -0.05) is 42.5 Å². The molecule has 0 saturated carbocycles. The van der Waals surface area contributed by atoms with E-state index < -0.39 is 5.60 Å². The lowest BCUT2D eigenvalue weighted by Crippen LogP contribution is -2.32. The normalized spacial score (nSPS) is 18.4. The quantitative estimate of drug-likeness (QED) is 0.617. The SMILES string of the molecule is Nc1cccc(OC2=CCC(Oc3cccc(N)c3)(c3ccccc3)C=C2)c1. The zero-order valence-electron chi connectivity index (χ0n) is 15.4. The van der Waals surface area contributed by atoms with E-state index in [1.807, 2.05) is 78.9 Å². The van der Waals surface area contributed by atoms with E-state index in [0.717, 1.165) is 17.1 Å². The van der Waals surface area contributed by atoms with Crippen molar-refractivity contribution in [3.05, 3.63) is 108 Å². The largest absolute Gasteiger partial charge is 0.478 e. The van der Waals surface area contributed by atoms with E-state index in [2.05, 4.69) is 12.1 Å². The first-order chi connectivity index (χ1) is 13.6. The molecule has 1 aliphatic carbocycles. The summed E-state index contributed by atoms with van der Waals surface area (Å²) in [6, 6.07) is 25.0. The Morgan fingerprint density at radius 3 is 2.07 bits per heavy atom. The highest BCUT2D eigenvalue weighted by atomic mass is 16.5. The van der Waals surface area contributed by atoms with Crippen LogP contribution in [0.3, 0.4) is 0 Å². The molecule has 0 bridgehead atoms. The third kappa shape index (κ3) is 3.86. The fourth-order valence-corrected chi connectivity index (χ4v) is 3.25. The summed E-state index contributed by atoms with van der Waals surface area (Å²) in [4.78, 5) is 0. The molecule has 4 heteroatoms. The Bertz CT molecular complexity index is 1030. The number of anilines is 2. The Morgan fingerprint density at radius 2 is 1.43 bits per heavy atom. The van der Waals surface area contributed by atoms with Crippen molar-refractivity contribution in [1.29, 1.82) is 0 Å². The molecular weight excluding hydrogens is 348 g/mol. The molecule has 28 heavy (non-hydrogen) atoms. The van der Waals surface area contributed by atoms with Crippen LogP contribution in [0, 0.1) is 0 Å². The lowest BCUT2D eigenvalue weighted by molar-refractivity contribution is 0.119. The van der Waals surface area contributed by atoms with E-state index in [1.165, 1.54) is 0 Å². The van der Waals surface area contributed by atoms with Crippen molar-refractivity contribution in [1.82, 2.24) is 0 Å². The average Bonchev–Trinajstić information content (AvgIpc) is 2.70. The van der Waals surface area contributed by atoms with Gasteiger partial charge in [-0.25, -0.2) is 0 Å². The molecule has 4 nitrogen and oxygen atoms in total. The third-order valence-electron chi connectivity index (χ3n) is 4.64. The smallest absolute Gasteiger partial charge is 0.156 e. The van der Waals surface area contributed by atoms with Gasteiger partial charge in [0, 0.05) is 29.9 Å². The number of nitrogen functional groups attached to an aromatic ring is 2. The molecule has 3 aromatic carbocycles. The van der Waals surface area contributed by atoms with Crippen LogP contribution < -0.4 is 20.9 Å². The highest BCUT2D eigenvalue weighted by molar-refractivity contribution is 5.47. The summed E-state index contributed by atoms with van der Waals surface area (Å²) < 4.78 is 12.4. The first-order valence-electron chi connectivity index (χ1n) is 9.16. The monoisotopic (exact) mass is 370 g/mol. The van der Waals surface area contributed by atoms with E-state index in [4.69, 9.17) is 20.9 Å². The van der Waals surface area contributed by atoms with E-state index in [-0.39, 0.29) is 0 Å². The Balaban J connectivity index is 1.61. The second-order valence-electron chi connectivity index (χ2n) is 6.75. The molecule has 4 rings (SSSR count). The van der Waals surface area contributed by atoms with Crippen molar-refractivity contribution in [2.75, 3.05) is 11.5 Å². The van der Waals surface area contributed by atoms with Crippen molar-refractivity contribution in [2.24, 2.45) is 0 Å². The predicted molar refractivity (Wildman–Crippen MR) is 113 cm³/mol. The summed E-state index contributed by atoms with van der Waals surface area (Å²) in [5, 5.41) is 0. The number of nitrogens with two attached hydrogens (primary N) is 2. The summed E-state index contributed by atoms with van der Waals surface area (Å²) in [6.45, 7) is 0. The van der Waals surface area contributed by atoms with Crippen LogP contribution in [0.4, 0.5) is 11.4 Å². The summed E-state index contributed by atoms with van der Waals surface area (Å²) in [5.41, 5.74) is 13.5. The Hall–Kier alpha value is -3.66. The Kier molecular flexibility index (Phi) is 4.77. The number of hydrogen-bond acceptors (Lipinski definition) is 4. The van der Waals surface area contributed by atoms with Gasteiger partial charge in [-0.15, -0.1) is 0 Å². The molecule has 1 atom stereocenters. The second-order valence-corrected chi connectivity index (χ2v) is 6.75. The fraction of sp³-hybridized carbons (Fsp3) is 0.0833. The molecule has 0 aliphatic heterocycles. The summed E-state index contributed by atoms with van der Waals surface area (Å²) in [5.74, 6) is 2.19. The van der Waals surface area contributed by atoms with Crippen LogP contribution in [-0.4, -0.2) is 0 Å². The number of ether oxygens (including phenoxy) is 2. The molecule has 0 spiro atoms. The van der Waals surface area contributed by atoms with Crippen molar-refractivity contribution in [3.63, 3.8) is 0 Å². The Labute approximate surface area is 164 Å². The molecule has 1 unspecified atom stereocenters. The van der Waals surface area contributed by atoms with Crippen LogP contribution in [0.1, 0.15) is 12.0 Å². The maximum atomic E-state index is 6.44. The van der Waals surface area contributed by atoms with Crippen LogP contribution in [0.5, 0.6) is 11.5 Å². The lowest BCUT2D eigenvalue weighted by atomic mass is 9.86. The maximum absolute atomic E-state index is 6.44. The highest BCUT2D eigenvalue weighted by Crippen LogP contribution is 2.37. The number of allylic oxidation sites excluding steroid dienone is 1. The minimum absolute atomic E-state index is 0.625. The number of benzene rings is 3. The first kappa shape index (κ1) is 17.7. The minimum atomic E-state index is -0.627. The van der Waals surface area contributed by atoms with Gasteiger partial charge in [0.05, 0.1) is 0 Å². The zero-order chi connectivity index (χ0) is 19.4. The fourth-order valence-electron chi connectivity index (χ4n) is 3.25. The van der Waals surface area contributed by atoms with E-state index in [0.29, 0.717) is 23.5 Å². The standard InChI is InChI=1S/C24H22N2O2/c25-19-8-4-10-22(16-19)27-21-12-14-24(15-13-21,18-6-2-1-3-7-18)28-23-11-5-9-20(26)17-23/h1-14,16-17H,15,25-26H2. The predicted octanol–water partition coefficient (Wildman–Crippen LogP) is 5.05. The van der Waals surface area contributed by atoms with E-state index in [9.17, 15) is 0 Å². The first-order valence-corrected chi connectivity index (χ1v) is 9.16. The van der Waals surface area contributed by atoms with Crippen LogP contribution in [0.15, 0.2) is 103 Å². The topological polar surface area (TPSA) is 70.5 Å². The van der Waals surface area contributed by atoms with Gasteiger partial charge < -0.3 is 20.9 Å². The molecule has 0 saturated heterocycles. The number of rotatable bonds is 5. The van der Waals surface area contributed by atoms with Crippen molar-refractivity contribution in [3.8, 4) is 11.5 Å². The summed E-state index contributed by atoms with van der Waals surface area (Å²) in [7, 11) is 0. The Morgan fingerprint density at radius 1 is 0.750 bits per heavy atom. The molecule has 0 amide bonds. The highest BCUT2D eigenvalue weighted by Gasteiger charge is 2.33.